The van der Waals surface area contributed by atoms with Gasteiger partial charge in [-0.1, -0.05) is 6.07 Å². The maximum absolute atomic E-state index is 13.2. The first kappa shape index (κ1) is 18.7. The molecule has 0 saturated carbocycles. The van der Waals surface area contributed by atoms with Gasteiger partial charge in [0, 0.05) is 43.0 Å². The minimum atomic E-state index is -0.252. The van der Waals surface area contributed by atoms with Gasteiger partial charge in [-0.25, -0.2) is 0 Å². The molecule has 1 aromatic carbocycles. The first-order chi connectivity index (χ1) is 14.6. The summed E-state index contributed by atoms with van der Waals surface area (Å²) in [7, 11) is 1.98. The maximum atomic E-state index is 13.2. The number of pyridine rings is 2. The van der Waals surface area contributed by atoms with E-state index in [1.807, 2.05) is 59.3 Å². The maximum Gasteiger partial charge on any atom is 0.253 e. The Morgan fingerprint density at radius 1 is 1.10 bits per heavy atom. The third-order valence-electron chi connectivity index (χ3n) is 6.36. The highest BCUT2D eigenvalue weighted by Crippen LogP contribution is 2.34. The van der Waals surface area contributed by atoms with E-state index < -0.39 is 0 Å². The molecule has 5 rings (SSSR count). The zero-order valence-electron chi connectivity index (χ0n) is 16.9. The average molecular weight is 401 g/mol. The molecule has 0 N–H and O–H groups in total. The van der Waals surface area contributed by atoms with Gasteiger partial charge in [0.15, 0.2) is 0 Å². The predicted molar refractivity (Wildman–Crippen MR) is 114 cm³/mol. The molecule has 30 heavy (non-hydrogen) atoms. The van der Waals surface area contributed by atoms with Crippen molar-refractivity contribution in [3.63, 3.8) is 0 Å². The Balaban J connectivity index is 1.39. The zero-order chi connectivity index (χ0) is 20.7. The standard InChI is InChI=1S/C23H23N5O2/c1-26-14-21(29)28(19-5-3-9-24-13-19)16-23(26)8-11-27(15-23)22(30)18-6-7-20-17(12-18)4-2-10-25-20/h2-7,9-10,12-13H,8,11,14-16H2,1H3/t23-/m0/s1. The number of anilines is 1. The fourth-order valence-corrected chi connectivity index (χ4v) is 4.57. The molecular weight excluding hydrogens is 378 g/mol. The normalized spacial score (nSPS) is 22.2. The van der Waals surface area contributed by atoms with E-state index in [0.29, 0.717) is 31.7 Å². The highest BCUT2D eigenvalue weighted by Gasteiger charge is 2.48. The minimum absolute atomic E-state index is 0.0239. The molecule has 1 atom stereocenters. The number of benzene rings is 1. The molecule has 0 bridgehead atoms. The fraction of sp³-hybridized carbons (Fsp3) is 0.304. The number of carbonyl (C=O) groups is 2. The van der Waals surface area contributed by atoms with Gasteiger partial charge < -0.3 is 9.80 Å². The molecular formula is C23H23N5O2. The first-order valence-electron chi connectivity index (χ1n) is 10.1. The summed E-state index contributed by atoms with van der Waals surface area (Å²) in [5.41, 5.74) is 2.11. The molecule has 4 heterocycles. The summed E-state index contributed by atoms with van der Waals surface area (Å²) >= 11 is 0. The Labute approximate surface area is 174 Å². The molecule has 2 aromatic heterocycles. The van der Waals surface area contributed by atoms with Crippen LogP contribution in [-0.4, -0.2) is 70.3 Å². The second-order valence-electron chi connectivity index (χ2n) is 8.16. The number of amides is 2. The Hall–Kier alpha value is -3.32. The van der Waals surface area contributed by atoms with E-state index in [1.54, 1.807) is 18.6 Å². The lowest BCUT2D eigenvalue weighted by atomic mass is 9.92. The monoisotopic (exact) mass is 401 g/mol. The highest BCUT2D eigenvalue weighted by molar-refractivity contribution is 5.98. The van der Waals surface area contributed by atoms with Crippen molar-refractivity contribution >= 4 is 28.4 Å². The lowest BCUT2D eigenvalue weighted by Crippen LogP contribution is -2.64. The van der Waals surface area contributed by atoms with Crippen LogP contribution in [0.25, 0.3) is 10.9 Å². The van der Waals surface area contributed by atoms with Gasteiger partial charge in [-0.15, -0.1) is 0 Å². The van der Waals surface area contributed by atoms with Gasteiger partial charge in [0.1, 0.15) is 0 Å². The van der Waals surface area contributed by atoms with Crippen molar-refractivity contribution in [1.82, 2.24) is 19.8 Å². The number of fused-ring (bicyclic) bond motifs is 1. The molecule has 7 nitrogen and oxygen atoms in total. The van der Waals surface area contributed by atoms with Crippen molar-refractivity contribution < 1.29 is 9.59 Å². The van der Waals surface area contributed by atoms with Gasteiger partial charge in [0.2, 0.25) is 5.91 Å². The number of piperazine rings is 1. The van der Waals surface area contributed by atoms with Crippen LogP contribution in [0.4, 0.5) is 5.69 Å². The minimum Gasteiger partial charge on any atom is -0.337 e. The summed E-state index contributed by atoms with van der Waals surface area (Å²) in [5, 5.41) is 0.959. The molecule has 2 amide bonds. The van der Waals surface area contributed by atoms with Gasteiger partial charge >= 0.3 is 0 Å². The van der Waals surface area contributed by atoms with Crippen LogP contribution in [0.1, 0.15) is 16.8 Å². The van der Waals surface area contributed by atoms with Gasteiger partial charge in [-0.2, -0.15) is 0 Å². The molecule has 2 fully saturated rings. The lowest BCUT2D eigenvalue weighted by molar-refractivity contribution is -0.123. The average Bonchev–Trinajstić information content (AvgIpc) is 3.21. The molecule has 152 valence electrons. The van der Waals surface area contributed by atoms with E-state index in [9.17, 15) is 9.59 Å². The summed E-state index contributed by atoms with van der Waals surface area (Å²) in [4.78, 5) is 40.2. The molecule has 3 aromatic rings. The molecule has 2 saturated heterocycles. The second-order valence-corrected chi connectivity index (χ2v) is 8.16. The van der Waals surface area contributed by atoms with Crippen LogP contribution in [-0.2, 0) is 4.79 Å². The van der Waals surface area contributed by atoms with Crippen LogP contribution in [0.15, 0.2) is 61.1 Å². The summed E-state index contributed by atoms with van der Waals surface area (Å²) < 4.78 is 0. The van der Waals surface area contributed by atoms with Crippen molar-refractivity contribution in [3.8, 4) is 0 Å². The number of likely N-dealkylation sites (tertiary alicyclic amines) is 1. The van der Waals surface area contributed by atoms with Crippen molar-refractivity contribution in [2.24, 2.45) is 0 Å². The SMILES string of the molecule is CN1CC(=O)N(c2cccnc2)C[C@@]12CCN(C(=O)c1ccc3ncccc3c1)C2. The number of rotatable bonds is 2. The number of likely N-dealkylation sites (N-methyl/N-ethyl adjacent to an activating group) is 1. The lowest BCUT2D eigenvalue weighted by Gasteiger charge is -2.46. The zero-order valence-corrected chi connectivity index (χ0v) is 16.9. The molecule has 7 heteroatoms. The predicted octanol–water partition coefficient (Wildman–Crippen LogP) is 2.19. The van der Waals surface area contributed by atoms with E-state index in [1.165, 1.54) is 0 Å². The Morgan fingerprint density at radius 2 is 1.97 bits per heavy atom. The number of aromatic nitrogens is 2. The summed E-state index contributed by atoms with van der Waals surface area (Å²) in [6.07, 6.45) is 6.00. The van der Waals surface area contributed by atoms with Gasteiger partial charge in [0.05, 0.1) is 29.5 Å². The number of carbonyl (C=O) groups excluding carboxylic acids is 2. The van der Waals surface area contributed by atoms with Crippen LogP contribution in [0.5, 0.6) is 0 Å². The van der Waals surface area contributed by atoms with Crippen molar-refractivity contribution in [2.75, 3.05) is 38.1 Å². The quantitative estimate of drug-likeness (QED) is 0.658. The molecule has 0 aliphatic carbocycles. The van der Waals surface area contributed by atoms with Crippen LogP contribution in [0.2, 0.25) is 0 Å². The fourth-order valence-electron chi connectivity index (χ4n) is 4.57. The number of hydrogen-bond donors (Lipinski definition) is 0. The number of nitrogens with zero attached hydrogens (tertiary/aromatic N) is 5. The van der Waals surface area contributed by atoms with Crippen LogP contribution >= 0.6 is 0 Å². The summed E-state index contributed by atoms with van der Waals surface area (Å²) in [6.45, 7) is 2.15. The molecule has 0 unspecified atom stereocenters. The van der Waals surface area contributed by atoms with E-state index in [-0.39, 0.29) is 17.4 Å². The van der Waals surface area contributed by atoms with Gasteiger partial charge in [-0.3, -0.25) is 24.5 Å². The second kappa shape index (κ2) is 7.18. The third-order valence-corrected chi connectivity index (χ3v) is 6.36. The smallest absolute Gasteiger partial charge is 0.253 e. The van der Waals surface area contributed by atoms with Crippen molar-refractivity contribution in [2.45, 2.75) is 12.0 Å². The molecule has 1 spiro atoms. The summed E-state index contributed by atoms with van der Waals surface area (Å²) in [5.74, 6) is 0.0822. The Morgan fingerprint density at radius 3 is 2.80 bits per heavy atom. The first-order valence-corrected chi connectivity index (χ1v) is 10.1. The number of hydrogen-bond acceptors (Lipinski definition) is 5. The molecule has 2 aliphatic heterocycles. The van der Waals surface area contributed by atoms with Crippen LogP contribution in [0.3, 0.4) is 0 Å². The summed E-state index contributed by atoms with van der Waals surface area (Å²) in [6, 6.07) is 13.2. The van der Waals surface area contributed by atoms with E-state index in [4.69, 9.17) is 0 Å². The Kier molecular flexibility index (Phi) is 4.47. The Bertz CT molecular complexity index is 1120. The van der Waals surface area contributed by atoms with Crippen molar-refractivity contribution in [1.29, 1.82) is 0 Å². The van der Waals surface area contributed by atoms with Gasteiger partial charge in [-0.05, 0) is 49.9 Å². The van der Waals surface area contributed by atoms with Gasteiger partial charge in [0.25, 0.3) is 5.91 Å². The van der Waals surface area contributed by atoms with Crippen LogP contribution < -0.4 is 4.90 Å². The molecule has 0 radical (unpaired) electrons. The largest absolute Gasteiger partial charge is 0.337 e. The van der Waals surface area contributed by atoms with E-state index >= 15 is 0 Å². The highest BCUT2D eigenvalue weighted by atomic mass is 16.2. The third kappa shape index (κ3) is 3.11. The molecule has 2 aliphatic rings. The topological polar surface area (TPSA) is 69.6 Å². The van der Waals surface area contributed by atoms with Crippen molar-refractivity contribution in [3.05, 3.63) is 66.6 Å². The van der Waals surface area contributed by atoms with E-state index in [2.05, 4.69) is 14.9 Å². The van der Waals surface area contributed by atoms with Crippen LogP contribution in [0, 0.1) is 0 Å². The van der Waals surface area contributed by atoms with E-state index in [0.717, 1.165) is 23.0 Å².